The van der Waals surface area contributed by atoms with E-state index in [1.54, 1.807) is 0 Å². The highest BCUT2D eigenvalue weighted by atomic mass is 35.5. The zero-order valence-electron chi connectivity index (χ0n) is 12.7. The second kappa shape index (κ2) is 7.40. The minimum Gasteiger partial charge on any atom is -0.389 e. The molecule has 0 aromatic heterocycles. The van der Waals surface area contributed by atoms with Crippen LogP contribution in [0.4, 0.5) is 5.69 Å². The van der Waals surface area contributed by atoms with Crippen LogP contribution in [0.5, 0.6) is 0 Å². The highest BCUT2D eigenvalue weighted by Gasteiger charge is 2.20. The van der Waals surface area contributed by atoms with Gasteiger partial charge in [-0.05, 0) is 32.3 Å². The van der Waals surface area contributed by atoms with Crippen molar-refractivity contribution in [1.29, 1.82) is 0 Å². The number of hydrogen-bond acceptors (Lipinski definition) is 4. The lowest BCUT2D eigenvalue weighted by atomic mass is 10.1. The molecule has 1 heterocycles. The fourth-order valence-corrected chi connectivity index (χ4v) is 2.87. The van der Waals surface area contributed by atoms with Crippen LogP contribution in [0.2, 0.25) is 5.02 Å². The minimum atomic E-state index is 0.405. The predicted molar refractivity (Wildman–Crippen MR) is 94.5 cm³/mol. The number of benzene rings is 1. The van der Waals surface area contributed by atoms with Gasteiger partial charge in [0, 0.05) is 55.5 Å². The monoisotopic (exact) mass is 326 g/mol. The summed E-state index contributed by atoms with van der Waals surface area (Å²) in [4.78, 5) is 7.46. The first-order valence-electron chi connectivity index (χ1n) is 7.19. The Labute approximate surface area is 137 Å². The van der Waals surface area contributed by atoms with Gasteiger partial charge in [-0.25, -0.2) is 0 Å². The smallest absolute Gasteiger partial charge is 0.106 e. The molecule has 0 radical (unpaired) electrons. The Morgan fingerprint density at radius 2 is 1.95 bits per heavy atom. The molecule has 21 heavy (non-hydrogen) atoms. The molecule has 4 nitrogen and oxygen atoms in total. The van der Waals surface area contributed by atoms with Gasteiger partial charge in [0.15, 0.2) is 0 Å². The van der Waals surface area contributed by atoms with E-state index < -0.39 is 0 Å². The Balaban J connectivity index is 2.01. The van der Waals surface area contributed by atoms with E-state index in [4.69, 9.17) is 29.6 Å². The first-order valence-corrected chi connectivity index (χ1v) is 7.97. The molecule has 0 atom stereocenters. The molecule has 6 heteroatoms. The van der Waals surface area contributed by atoms with E-state index in [1.807, 2.05) is 18.2 Å². The number of likely N-dealkylation sites (N-methyl/N-ethyl adjacent to an activating group) is 1. The molecule has 0 spiro atoms. The second-order valence-electron chi connectivity index (χ2n) is 5.66. The average Bonchev–Trinajstić information content (AvgIpc) is 2.45. The fraction of sp³-hybridized carbons (Fsp3) is 0.533. The van der Waals surface area contributed by atoms with Crippen LogP contribution in [-0.4, -0.2) is 68.2 Å². The Morgan fingerprint density at radius 1 is 1.29 bits per heavy atom. The van der Waals surface area contributed by atoms with Gasteiger partial charge in [0.1, 0.15) is 4.99 Å². The van der Waals surface area contributed by atoms with Crippen LogP contribution in [-0.2, 0) is 0 Å². The van der Waals surface area contributed by atoms with Crippen molar-refractivity contribution in [3.05, 3.63) is 28.8 Å². The third-order valence-electron chi connectivity index (χ3n) is 3.80. The van der Waals surface area contributed by atoms with Crippen LogP contribution in [0, 0.1) is 0 Å². The summed E-state index contributed by atoms with van der Waals surface area (Å²) in [7, 11) is 4.22. The van der Waals surface area contributed by atoms with Crippen LogP contribution in [0.3, 0.4) is 0 Å². The Kier molecular flexibility index (Phi) is 5.81. The first kappa shape index (κ1) is 16.5. The number of rotatable bonds is 5. The summed E-state index contributed by atoms with van der Waals surface area (Å²) in [6, 6.07) is 5.78. The van der Waals surface area contributed by atoms with Crippen molar-refractivity contribution in [3.63, 3.8) is 0 Å². The standard InChI is InChI=1S/C15H23ClN4S/c1-18(2)5-6-19-7-9-20(10-8-19)14-4-3-12(16)11-13(14)15(17)21/h3-4,11H,5-10H2,1-2H3,(H2,17,21). The Hall–Kier alpha value is -0.880. The van der Waals surface area contributed by atoms with Crippen molar-refractivity contribution in [2.24, 2.45) is 5.73 Å². The molecule has 2 rings (SSSR count). The molecular weight excluding hydrogens is 304 g/mol. The van der Waals surface area contributed by atoms with Gasteiger partial charge in [0.25, 0.3) is 0 Å². The molecule has 1 aliphatic rings. The third-order valence-corrected chi connectivity index (χ3v) is 4.26. The summed E-state index contributed by atoms with van der Waals surface area (Å²) >= 11 is 11.2. The minimum absolute atomic E-state index is 0.405. The van der Waals surface area contributed by atoms with Crippen molar-refractivity contribution in [3.8, 4) is 0 Å². The van der Waals surface area contributed by atoms with Gasteiger partial charge in [0.05, 0.1) is 0 Å². The summed E-state index contributed by atoms with van der Waals surface area (Å²) in [5.41, 5.74) is 7.80. The maximum Gasteiger partial charge on any atom is 0.106 e. The number of anilines is 1. The molecule has 0 bridgehead atoms. The van der Waals surface area contributed by atoms with Gasteiger partial charge in [-0.1, -0.05) is 23.8 Å². The maximum absolute atomic E-state index is 6.05. The molecule has 0 amide bonds. The highest BCUT2D eigenvalue weighted by molar-refractivity contribution is 7.80. The van der Waals surface area contributed by atoms with Crippen molar-refractivity contribution in [2.75, 3.05) is 58.3 Å². The molecule has 1 aromatic rings. The largest absolute Gasteiger partial charge is 0.389 e. The summed E-state index contributed by atoms with van der Waals surface area (Å²) < 4.78 is 0. The predicted octanol–water partition coefficient (Wildman–Crippen LogP) is 1.66. The molecule has 1 aliphatic heterocycles. The van der Waals surface area contributed by atoms with Crippen LogP contribution in [0.25, 0.3) is 0 Å². The van der Waals surface area contributed by atoms with Crippen LogP contribution < -0.4 is 10.6 Å². The van der Waals surface area contributed by atoms with Crippen molar-refractivity contribution in [2.45, 2.75) is 0 Å². The van der Waals surface area contributed by atoms with E-state index in [1.165, 1.54) is 0 Å². The number of nitrogens with two attached hydrogens (primary N) is 1. The van der Waals surface area contributed by atoms with Gasteiger partial charge >= 0.3 is 0 Å². The second-order valence-corrected chi connectivity index (χ2v) is 6.53. The lowest BCUT2D eigenvalue weighted by Gasteiger charge is -2.37. The van der Waals surface area contributed by atoms with Gasteiger partial charge in [-0.2, -0.15) is 0 Å². The van der Waals surface area contributed by atoms with Crippen molar-refractivity contribution >= 4 is 34.5 Å². The molecule has 0 saturated carbocycles. The van der Waals surface area contributed by atoms with Gasteiger partial charge in [-0.15, -0.1) is 0 Å². The van der Waals surface area contributed by atoms with Crippen molar-refractivity contribution in [1.82, 2.24) is 9.80 Å². The first-order chi connectivity index (χ1) is 9.97. The van der Waals surface area contributed by atoms with Crippen LogP contribution in [0.1, 0.15) is 5.56 Å². The van der Waals surface area contributed by atoms with Crippen LogP contribution >= 0.6 is 23.8 Å². The normalized spacial score (nSPS) is 16.5. The van der Waals surface area contributed by atoms with E-state index in [0.717, 1.165) is 50.5 Å². The van der Waals surface area contributed by atoms with Gasteiger partial charge in [-0.3, -0.25) is 4.90 Å². The number of halogens is 1. The van der Waals surface area contributed by atoms with Gasteiger partial charge in [0.2, 0.25) is 0 Å². The van der Waals surface area contributed by atoms with E-state index in [9.17, 15) is 0 Å². The fourth-order valence-electron chi connectivity index (χ4n) is 2.54. The summed E-state index contributed by atoms with van der Waals surface area (Å²) in [5, 5.41) is 0.672. The summed E-state index contributed by atoms with van der Waals surface area (Å²) in [6.45, 7) is 6.32. The molecule has 1 fully saturated rings. The highest BCUT2D eigenvalue weighted by Crippen LogP contribution is 2.25. The number of nitrogens with zero attached hydrogens (tertiary/aromatic N) is 3. The number of thiocarbonyl (C=S) groups is 1. The molecule has 1 saturated heterocycles. The molecule has 0 unspecified atom stereocenters. The van der Waals surface area contributed by atoms with E-state index in [-0.39, 0.29) is 0 Å². The molecular formula is C15H23ClN4S. The third kappa shape index (κ3) is 4.54. The molecule has 116 valence electrons. The zero-order chi connectivity index (χ0) is 15.4. The Morgan fingerprint density at radius 3 is 2.52 bits per heavy atom. The van der Waals surface area contributed by atoms with E-state index in [0.29, 0.717) is 10.0 Å². The molecule has 0 aliphatic carbocycles. The van der Waals surface area contributed by atoms with Crippen molar-refractivity contribution < 1.29 is 0 Å². The molecule has 1 aromatic carbocycles. The quantitative estimate of drug-likeness (QED) is 0.833. The van der Waals surface area contributed by atoms with Gasteiger partial charge < -0.3 is 15.5 Å². The number of piperazine rings is 1. The number of hydrogen-bond donors (Lipinski definition) is 1. The van der Waals surface area contributed by atoms with E-state index >= 15 is 0 Å². The molecule has 2 N–H and O–H groups in total. The average molecular weight is 327 g/mol. The lowest BCUT2D eigenvalue weighted by molar-refractivity contribution is 0.229. The van der Waals surface area contributed by atoms with Crippen LogP contribution in [0.15, 0.2) is 18.2 Å². The van der Waals surface area contributed by atoms with E-state index in [2.05, 4.69) is 28.8 Å². The topological polar surface area (TPSA) is 35.7 Å². The lowest BCUT2D eigenvalue weighted by Crippen LogP contribution is -2.48. The Bertz CT molecular complexity index is 498. The maximum atomic E-state index is 6.05. The summed E-state index contributed by atoms with van der Waals surface area (Å²) in [5.74, 6) is 0. The zero-order valence-corrected chi connectivity index (χ0v) is 14.3. The summed E-state index contributed by atoms with van der Waals surface area (Å²) in [6.07, 6.45) is 0. The SMILES string of the molecule is CN(C)CCN1CCN(c2ccc(Cl)cc2C(N)=S)CC1.